The number of carbonyl (C=O) groups excluding carboxylic acids is 2. The molecule has 5 heteroatoms. The third-order valence-electron chi connectivity index (χ3n) is 2.74. The minimum absolute atomic E-state index is 0.102. The van der Waals surface area contributed by atoms with Crippen LogP contribution in [0.3, 0.4) is 0 Å². The molecule has 18 heavy (non-hydrogen) atoms. The van der Waals surface area contributed by atoms with Crippen LogP contribution in [0.5, 0.6) is 5.75 Å². The zero-order valence-corrected chi connectivity index (χ0v) is 9.82. The van der Waals surface area contributed by atoms with E-state index in [0.717, 1.165) is 18.9 Å². The fourth-order valence-corrected chi connectivity index (χ4v) is 1.52. The van der Waals surface area contributed by atoms with Crippen molar-refractivity contribution in [2.45, 2.75) is 12.8 Å². The van der Waals surface area contributed by atoms with Gasteiger partial charge in [0.2, 0.25) is 0 Å². The van der Waals surface area contributed by atoms with E-state index in [1.54, 1.807) is 0 Å². The van der Waals surface area contributed by atoms with Crippen LogP contribution in [0.15, 0.2) is 18.2 Å². The van der Waals surface area contributed by atoms with Crippen LogP contribution < -0.4 is 10.1 Å². The summed E-state index contributed by atoms with van der Waals surface area (Å²) >= 11 is 0. The third kappa shape index (κ3) is 3.55. The Morgan fingerprint density at radius 2 is 2.28 bits per heavy atom. The molecule has 1 aromatic rings. The molecule has 0 radical (unpaired) electrons. The van der Waals surface area contributed by atoms with Gasteiger partial charge in [-0.1, -0.05) is 0 Å². The number of amides is 1. The molecule has 4 nitrogen and oxygen atoms in total. The maximum atomic E-state index is 12.9. The van der Waals surface area contributed by atoms with Crippen LogP contribution in [0.1, 0.15) is 23.2 Å². The van der Waals surface area contributed by atoms with Crippen LogP contribution in [0.25, 0.3) is 0 Å². The summed E-state index contributed by atoms with van der Waals surface area (Å²) in [5.74, 6) is 0.0731. The molecule has 1 aliphatic carbocycles. The number of hydrogen-bond acceptors (Lipinski definition) is 3. The summed E-state index contributed by atoms with van der Waals surface area (Å²) in [6.07, 6.45) is 2.82. The first-order valence-electron chi connectivity index (χ1n) is 5.83. The van der Waals surface area contributed by atoms with Crippen LogP contribution in [-0.4, -0.2) is 25.3 Å². The summed E-state index contributed by atoms with van der Waals surface area (Å²) in [5, 5.41) is 2.74. The Morgan fingerprint density at radius 3 is 2.94 bits per heavy atom. The van der Waals surface area contributed by atoms with Gasteiger partial charge in [0, 0.05) is 6.54 Å². The number of halogens is 1. The Balaban J connectivity index is 1.84. The average molecular weight is 251 g/mol. The van der Waals surface area contributed by atoms with Crippen LogP contribution in [0, 0.1) is 11.7 Å². The van der Waals surface area contributed by atoms with Gasteiger partial charge >= 0.3 is 0 Å². The molecule has 0 saturated heterocycles. The molecule has 0 unspecified atom stereocenters. The SMILES string of the molecule is O=Cc1cc(F)ccc1OCC(=O)NCC1CC1. The fourth-order valence-electron chi connectivity index (χ4n) is 1.52. The van der Waals surface area contributed by atoms with Crippen molar-refractivity contribution in [3.8, 4) is 5.75 Å². The maximum absolute atomic E-state index is 12.9. The normalized spacial score (nSPS) is 14.1. The molecule has 1 aromatic carbocycles. The predicted molar refractivity (Wildman–Crippen MR) is 63.0 cm³/mol. The van der Waals surface area contributed by atoms with E-state index in [1.165, 1.54) is 12.1 Å². The lowest BCUT2D eigenvalue weighted by Gasteiger charge is -2.08. The van der Waals surface area contributed by atoms with Crippen molar-refractivity contribution in [1.82, 2.24) is 5.32 Å². The molecular weight excluding hydrogens is 237 g/mol. The Kier molecular flexibility index (Phi) is 3.92. The summed E-state index contributed by atoms with van der Waals surface area (Å²) in [4.78, 5) is 22.1. The number of aldehydes is 1. The molecule has 0 bridgehead atoms. The van der Waals surface area contributed by atoms with Gasteiger partial charge in [-0.05, 0) is 37.0 Å². The number of hydrogen-bond donors (Lipinski definition) is 1. The van der Waals surface area contributed by atoms with Crippen molar-refractivity contribution in [3.63, 3.8) is 0 Å². The highest BCUT2D eigenvalue weighted by Gasteiger charge is 2.21. The maximum Gasteiger partial charge on any atom is 0.257 e. The largest absolute Gasteiger partial charge is 0.483 e. The molecule has 96 valence electrons. The van der Waals surface area contributed by atoms with Crippen LogP contribution in [-0.2, 0) is 4.79 Å². The number of rotatable bonds is 6. The van der Waals surface area contributed by atoms with Gasteiger partial charge in [0.25, 0.3) is 5.91 Å². The van der Waals surface area contributed by atoms with Gasteiger partial charge in [0.15, 0.2) is 12.9 Å². The molecule has 0 atom stereocenters. The Labute approximate surface area is 104 Å². The monoisotopic (exact) mass is 251 g/mol. The van der Waals surface area contributed by atoms with Gasteiger partial charge in [-0.2, -0.15) is 0 Å². The van der Waals surface area contributed by atoms with Gasteiger partial charge in [-0.25, -0.2) is 4.39 Å². The summed E-state index contributed by atoms with van der Waals surface area (Å²) in [6.45, 7) is 0.505. The Bertz CT molecular complexity index is 458. The zero-order chi connectivity index (χ0) is 13.0. The molecule has 1 amide bonds. The van der Waals surface area contributed by atoms with E-state index >= 15 is 0 Å². The second-order valence-corrected chi connectivity index (χ2v) is 4.34. The van der Waals surface area contributed by atoms with Crippen molar-refractivity contribution < 1.29 is 18.7 Å². The second kappa shape index (κ2) is 5.62. The van der Waals surface area contributed by atoms with Crippen molar-refractivity contribution in [2.75, 3.05) is 13.2 Å². The molecule has 2 rings (SSSR count). The minimum atomic E-state index is -0.511. The molecule has 0 aliphatic heterocycles. The first kappa shape index (κ1) is 12.5. The van der Waals surface area contributed by atoms with Crippen LogP contribution in [0.4, 0.5) is 4.39 Å². The smallest absolute Gasteiger partial charge is 0.257 e. The highest BCUT2D eigenvalue weighted by atomic mass is 19.1. The number of ether oxygens (including phenoxy) is 1. The second-order valence-electron chi connectivity index (χ2n) is 4.34. The van der Waals surface area contributed by atoms with Crippen LogP contribution >= 0.6 is 0 Å². The topological polar surface area (TPSA) is 55.4 Å². The van der Waals surface area contributed by atoms with Crippen molar-refractivity contribution in [1.29, 1.82) is 0 Å². The lowest BCUT2D eigenvalue weighted by atomic mass is 10.2. The summed E-state index contributed by atoms with van der Waals surface area (Å²) in [5.41, 5.74) is 0.102. The van der Waals surface area contributed by atoms with E-state index in [1.807, 2.05) is 0 Å². The van der Waals surface area contributed by atoms with E-state index in [2.05, 4.69) is 5.32 Å². The Morgan fingerprint density at radius 1 is 1.50 bits per heavy atom. The van der Waals surface area contributed by atoms with E-state index in [-0.39, 0.29) is 23.8 Å². The lowest BCUT2D eigenvalue weighted by Crippen LogP contribution is -2.30. The van der Waals surface area contributed by atoms with Gasteiger partial charge in [0.05, 0.1) is 5.56 Å². The molecule has 1 saturated carbocycles. The number of carbonyl (C=O) groups is 2. The third-order valence-corrected chi connectivity index (χ3v) is 2.74. The summed E-state index contributed by atoms with van der Waals surface area (Å²) < 4.78 is 18.0. The van der Waals surface area contributed by atoms with Gasteiger partial charge in [-0.3, -0.25) is 9.59 Å². The molecule has 1 fully saturated rings. The summed E-state index contributed by atoms with van der Waals surface area (Å²) in [7, 11) is 0. The van der Waals surface area contributed by atoms with Crippen molar-refractivity contribution >= 4 is 12.2 Å². The van der Waals surface area contributed by atoms with Gasteiger partial charge < -0.3 is 10.1 Å². The molecule has 1 N–H and O–H groups in total. The molecule has 0 spiro atoms. The van der Waals surface area contributed by atoms with Gasteiger partial charge in [-0.15, -0.1) is 0 Å². The van der Waals surface area contributed by atoms with Crippen molar-refractivity contribution in [3.05, 3.63) is 29.6 Å². The first-order chi connectivity index (χ1) is 8.69. The van der Waals surface area contributed by atoms with Crippen molar-refractivity contribution in [2.24, 2.45) is 5.92 Å². The molecule has 0 heterocycles. The quantitative estimate of drug-likeness (QED) is 0.780. The summed E-state index contributed by atoms with van der Waals surface area (Å²) in [6, 6.07) is 3.60. The number of benzene rings is 1. The van der Waals surface area contributed by atoms with E-state index in [9.17, 15) is 14.0 Å². The first-order valence-corrected chi connectivity index (χ1v) is 5.83. The fraction of sp³-hybridized carbons (Fsp3) is 0.385. The Hall–Kier alpha value is -1.91. The van der Waals surface area contributed by atoms with Crippen LogP contribution in [0.2, 0.25) is 0 Å². The molecule has 0 aromatic heterocycles. The molecular formula is C13H14FNO3. The minimum Gasteiger partial charge on any atom is -0.483 e. The average Bonchev–Trinajstić information content (AvgIpc) is 3.18. The van der Waals surface area contributed by atoms with E-state index < -0.39 is 5.82 Å². The highest BCUT2D eigenvalue weighted by Crippen LogP contribution is 2.27. The molecule has 1 aliphatic rings. The zero-order valence-electron chi connectivity index (χ0n) is 9.82. The van der Waals surface area contributed by atoms with Gasteiger partial charge in [0.1, 0.15) is 11.6 Å². The standard InChI is InChI=1S/C13H14FNO3/c14-11-3-4-12(10(5-11)7-16)18-8-13(17)15-6-9-1-2-9/h3-5,7,9H,1-2,6,8H2,(H,15,17). The highest BCUT2D eigenvalue weighted by molar-refractivity contribution is 5.80. The van der Waals surface area contributed by atoms with E-state index in [4.69, 9.17) is 4.74 Å². The predicted octanol–water partition coefficient (Wildman–Crippen LogP) is 1.54. The van der Waals surface area contributed by atoms with E-state index in [0.29, 0.717) is 18.7 Å². The number of nitrogens with one attached hydrogen (secondary N) is 1. The lowest BCUT2D eigenvalue weighted by molar-refractivity contribution is -0.123.